The van der Waals surface area contributed by atoms with Crippen molar-refractivity contribution in [3.8, 4) is 0 Å². The largest absolute Gasteiger partial charge is 0.298 e. The minimum atomic E-state index is -0.188. The predicted molar refractivity (Wildman–Crippen MR) is 97.2 cm³/mol. The van der Waals surface area contributed by atoms with Gasteiger partial charge in [-0.2, -0.15) is 0 Å². The Hall–Kier alpha value is -1.59. The maximum absolute atomic E-state index is 12.2. The number of carbonyl (C=O) groups excluding carboxylic acids is 1. The molecule has 0 radical (unpaired) electrons. The van der Waals surface area contributed by atoms with E-state index in [4.69, 9.17) is 0 Å². The second-order valence-corrected chi connectivity index (χ2v) is 6.36. The Bertz CT molecular complexity index is 681. The van der Waals surface area contributed by atoms with Crippen molar-refractivity contribution in [1.82, 2.24) is 10.9 Å². The van der Waals surface area contributed by atoms with Gasteiger partial charge in [-0.05, 0) is 52.2 Å². The van der Waals surface area contributed by atoms with E-state index in [1.807, 2.05) is 48.5 Å². The SMILES string of the molecule is CCC=C(NNC(=O)c1ccccc1Br)c1ccc(Br)cc1. The van der Waals surface area contributed by atoms with Crippen LogP contribution >= 0.6 is 31.9 Å². The van der Waals surface area contributed by atoms with Crippen LogP contribution in [0.25, 0.3) is 5.70 Å². The first kappa shape index (κ1) is 16.8. The zero-order valence-electron chi connectivity index (χ0n) is 12.1. The summed E-state index contributed by atoms with van der Waals surface area (Å²) < 4.78 is 1.78. The Morgan fingerprint density at radius 2 is 1.73 bits per heavy atom. The molecule has 2 aromatic carbocycles. The zero-order valence-corrected chi connectivity index (χ0v) is 15.2. The second-order valence-electron chi connectivity index (χ2n) is 4.59. The van der Waals surface area contributed by atoms with Crippen LogP contribution in [0.1, 0.15) is 29.3 Å². The van der Waals surface area contributed by atoms with Crippen molar-refractivity contribution in [2.75, 3.05) is 0 Å². The number of amides is 1. The number of allylic oxidation sites excluding steroid dienone is 1. The third-order valence-electron chi connectivity index (χ3n) is 2.99. The van der Waals surface area contributed by atoms with Crippen molar-refractivity contribution < 1.29 is 4.79 Å². The third kappa shape index (κ3) is 4.45. The summed E-state index contributed by atoms with van der Waals surface area (Å²) >= 11 is 6.80. The Kier molecular flexibility index (Phi) is 6.21. The molecule has 2 N–H and O–H groups in total. The minimum Gasteiger partial charge on any atom is -0.298 e. The maximum Gasteiger partial charge on any atom is 0.270 e. The molecule has 3 nitrogen and oxygen atoms in total. The molecule has 0 atom stereocenters. The highest BCUT2D eigenvalue weighted by molar-refractivity contribution is 9.10. The molecule has 5 heteroatoms. The van der Waals surface area contributed by atoms with Crippen LogP contribution in [0.4, 0.5) is 0 Å². The monoisotopic (exact) mass is 422 g/mol. The second kappa shape index (κ2) is 8.15. The molecule has 0 spiro atoms. The van der Waals surface area contributed by atoms with Gasteiger partial charge in [-0.25, -0.2) is 0 Å². The molecule has 114 valence electrons. The van der Waals surface area contributed by atoms with Gasteiger partial charge in [0, 0.05) is 8.95 Å². The van der Waals surface area contributed by atoms with Crippen LogP contribution < -0.4 is 10.9 Å². The molecule has 0 fully saturated rings. The Labute approximate surface area is 147 Å². The van der Waals surface area contributed by atoms with Crippen molar-refractivity contribution in [3.05, 3.63) is 74.7 Å². The normalized spacial score (nSPS) is 11.1. The van der Waals surface area contributed by atoms with E-state index in [-0.39, 0.29) is 5.91 Å². The predicted octanol–water partition coefficient (Wildman–Crippen LogP) is 4.90. The molecule has 22 heavy (non-hydrogen) atoms. The minimum absolute atomic E-state index is 0.188. The van der Waals surface area contributed by atoms with Crippen LogP contribution in [0.5, 0.6) is 0 Å². The number of rotatable bonds is 5. The summed E-state index contributed by atoms with van der Waals surface area (Å²) in [6.45, 7) is 2.05. The van der Waals surface area contributed by atoms with Crippen LogP contribution in [-0.2, 0) is 0 Å². The smallest absolute Gasteiger partial charge is 0.270 e. The lowest BCUT2D eigenvalue weighted by Gasteiger charge is -2.13. The lowest BCUT2D eigenvalue weighted by molar-refractivity contribution is 0.0941. The van der Waals surface area contributed by atoms with Crippen molar-refractivity contribution in [3.63, 3.8) is 0 Å². The Balaban J connectivity index is 2.10. The van der Waals surface area contributed by atoms with Crippen LogP contribution in [0.2, 0.25) is 0 Å². The highest BCUT2D eigenvalue weighted by Crippen LogP contribution is 2.17. The van der Waals surface area contributed by atoms with Crippen molar-refractivity contribution in [2.24, 2.45) is 0 Å². The van der Waals surface area contributed by atoms with Crippen LogP contribution in [0.3, 0.4) is 0 Å². The van der Waals surface area contributed by atoms with E-state index in [2.05, 4.69) is 49.6 Å². The average molecular weight is 424 g/mol. The van der Waals surface area contributed by atoms with Crippen LogP contribution in [0.15, 0.2) is 63.6 Å². The van der Waals surface area contributed by atoms with Gasteiger partial charge in [0.15, 0.2) is 0 Å². The van der Waals surface area contributed by atoms with E-state index < -0.39 is 0 Å². The lowest BCUT2D eigenvalue weighted by Crippen LogP contribution is -2.36. The van der Waals surface area contributed by atoms with Crippen molar-refractivity contribution in [2.45, 2.75) is 13.3 Å². The fourth-order valence-corrected chi connectivity index (χ4v) is 2.64. The summed E-state index contributed by atoms with van der Waals surface area (Å²) in [5.41, 5.74) is 8.21. The number of hydrogen-bond acceptors (Lipinski definition) is 2. The molecular formula is C17H16Br2N2O. The molecule has 0 aromatic heterocycles. The fraction of sp³-hybridized carbons (Fsp3) is 0.118. The summed E-state index contributed by atoms with van der Waals surface area (Å²) in [4.78, 5) is 12.2. The number of carbonyl (C=O) groups is 1. The number of hydrazine groups is 1. The highest BCUT2D eigenvalue weighted by atomic mass is 79.9. The van der Waals surface area contributed by atoms with E-state index >= 15 is 0 Å². The quantitative estimate of drug-likeness (QED) is 0.671. The number of hydrogen-bond donors (Lipinski definition) is 2. The fourth-order valence-electron chi connectivity index (χ4n) is 1.91. The van der Waals surface area contributed by atoms with Gasteiger partial charge in [0.25, 0.3) is 5.91 Å². The molecular weight excluding hydrogens is 408 g/mol. The summed E-state index contributed by atoms with van der Waals surface area (Å²) in [5.74, 6) is -0.188. The van der Waals surface area contributed by atoms with Gasteiger partial charge in [0.1, 0.15) is 0 Å². The molecule has 2 rings (SSSR count). The van der Waals surface area contributed by atoms with Crippen molar-refractivity contribution in [1.29, 1.82) is 0 Å². The van der Waals surface area contributed by atoms with E-state index in [9.17, 15) is 4.79 Å². The number of benzene rings is 2. The average Bonchev–Trinajstić information content (AvgIpc) is 2.52. The summed E-state index contributed by atoms with van der Waals surface area (Å²) in [6.07, 6.45) is 2.90. The Morgan fingerprint density at radius 3 is 2.36 bits per heavy atom. The van der Waals surface area contributed by atoms with Gasteiger partial charge >= 0.3 is 0 Å². The number of nitrogens with one attached hydrogen (secondary N) is 2. The van der Waals surface area contributed by atoms with Gasteiger partial charge in [-0.3, -0.25) is 15.6 Å². The molecule has 1 amide bonds. The van der Waals surface area contributed by atoms with Gasteiger partial charge in [0.05, 0.1) is 11.3 Å². The molecule has 0 saturated heterocycles. The summed E-state index contributed by atoms with van der Waals surface area (Å²) in [7, 11) is 0. The van der Waals surface area contributed by atoms with Gasteiger partial charge in [-0.1, -0.05) is 53.2 Å². The molecule has 0 saturated carbocycles. The standard InChI is InChI=1S/C17H16Br2N2O/c1-2-5-16(12-8-10-13(18)11-9-12)20-21-17(22)14-6-3-4-7-15(14)19/h3-11,20H,2H2,1H3,(H,21,22). The van der Waals surface area contributed by atoms with Crippen LogP contribution in [-0.4, -0.2) is 5.91 Å². The van der Waals surface area contributed by atoms with Crippen molar-refractivity contribution >= 4 is 43.5 Å². The summed E-state index contributed by atoms with van der Waals surface area (Å²) in [6, 6.07) is 15.2. The number of halogens is 2. The summed E-state index contributed by atoms with van der Waals surface area (Å²) in [5, 5.41) is 0. The molecule has 0 aliphatic rings. The lowest BCUT2D eigenvalue weighted by atomic mass is 10.1. The first-order chi connectivity index (χ1) is 10.6. The molecule has 0 heterocycles. The van der Waals surface area contributed by atoms with E-state index in [0.29, 0.717) is 5.56 Å². The molecule has 0 aliphatic heterocycles. The third-order valence-corrected chi connectivity index (χ3v) is 4.21. The topological polar surface area (TPSA) is 41.1 Å². The molecule has 2 aromatic rings. The first-order valence-electron chi connectivity index (χ1n) is 6.88. The van der Waals surface area contributed by atoms with Gasteiger partial charge < -0.3 is 0 Å². The molecule has 0 aliphatic carbocycles. The molecule has 0 unspecified atom stereocenters. The van der Waals surface area contributed by atoms with Gasteiger partial charge in [-0.15, -0.1) is 0 Å². The van der Waals surface area contributed by atoms with Gasteiger partial charge in [0.2, 0.25) is 0 Å². The van der Waals surface area contributed by atoms with E-state index in [1.54, 1.807) is 6.07 Å². The highest BCUT2D eigenvalue weighted by Gasteiger charge is 2.09. The zero-order chi connectivity index (χ0) is 15.9. The maximum atomic E-state index is 12.2. The van der Waals surface area contributed by atoms with E-state index in [1.165, 1.54) is 0 Å². The van der Waals surface area contributed by atoms with Crippen LogP contribution in [0, 0.1) is 0 Å². The first-order valence-corrected chi connectivity index (χ1v) is 8.47. The molecule has 0 bridgehead atoms. The van der Waals surface area contributed by atoms with E-state index in [0.717, 1.165) is 26.6 Å². The Morgan fingerprint density at radius 1 is 1.05 bits per heavy atom.